The second-order valence-electron chi connectivity index (χ2n) is 11.6. The van der Waals surface area contributed by atoms with Crippen LogP contribution in [0, 0.1) is 11.8 Å². The lowest BCUT2D eigenvalue weighted by Gasteiger charge is -2.22. The second kappa shape index (κ2) is 25.6. The molecular formula is C31H65N. The monoisotopic (exact) mass is 452 g/mol. The average molecular weight is 452 g/mol. The van der Waals surface area contributed by atoms with E-state index < -0.39 is 0 Å². The summed E-state index contributed by atoms with van der Waals surface area (Å²) in [6.07, 6.45) is 30.3. The molecule has 0 saturated carbocycles. The molecule has 0 spiro atoms. The third kappa shape index (κ3) is 26.2. The summed E-state index contributed by atoms with van der Waals surface area (Å²) in [6.45, 7) is 15.8. The van der Waals surface area contributed by atoms with Gasteiger partial charge in [0.05, 0.1) is 0 Å². The quantitative estimate of drug-likeness (QED) is 0.118. The standard InChI is InChI=1S/C31H65N/c1-6-7-22-27-32(28-23-18-14-10-8-12-16-20-25-30(2)3)29-24-19-15-11-9-13-17-21-26-31(4)5/h30-31H,6-29H2,1-5H3. The van der Waals surface area contributed by atoms with Gasteiger partial charge < -0.3 is 4.90 Å². The van der Waals surface area contributed by atoms with E-state index in [9.17, 15) is 0 Å². The first kappa shape index (κ1) is 32.0. The lowest BCUT2D eigenvalue weighted by molar-refractivity contribution is 0.255. The third-order valence-corrected chi connectivity index (χ3v) is 7.09. The molecule has 194 valence electrons. The van der Waals surface area contributed by atoms with Crippen molar-refractivity contribution in [2.45, 2.75) is 169 Å². The molecule has 0 unspecified atom stereocenters. The van der Waals surface area contributed by atoms with Gasteiger partial charge in [-0.3, -0.25) is 0 Å². The van der Waals surface area contributed by atoms with E-state index in [-0.39, 0.29) is 0 Å². The fraction of sp³-hybridized carbons (Fsp3) is 1.00. The summed E-state index contributed by atoms with van der Waals surface area (Å²) in [4.78, 5) is 2.80. The first-order chi connectivity index (χ1) is 15.6. The van der Waals surface area contributed by atoms with Gasteiger partial charge in [0.15, 0.2) is 0 Å². The number of nitrogens with zero attached hydrogens (tertiary/aromatic N) is 1. The van der Waals surface area contributed by atoms with Crippen LogP contribution in [0.4, 0.5) is 0 Å². The van der Waals surface area contributed by atoms with Crippen LogP contribution in [0.2, 0.25) is 0 Å². The van der Waals surface area contributed by atoms with Gasteiger partial charge >= 0.3 is 0 Å². The lowest BCUT2D eigenvalue weighted by atomic mass is 10.0. The molecule has 0 aliphatic carbocycles. The van der Waals surface area contributed by atoms with Crippen LogP contribution < -0.4 is 0 Å². The summed E-state index contributed by atoms with van der Waals surface area (Å²) in [5.41, 5.74) is 0. The summed E-state index contributed by atoms with van der Waals surface area (Å²) in [5, 5.41) is 0. The summed E-state index contributed by atoms with van der Waals surface area (Å²) in [6, 6.07) is 0. The minimum absolute atomic E-state index is 0.889. The van der Waals surface area contributed by atoms with Crippen molar-refractivity contribution in [1.82, 2.24) is 4.90 Å². The summed E-state index contributed by atoms with van der Waals surface area (Å²) < 4.78 is 0. The van der Waals surface area contributed by atoms with Crippen molar-refractivity contribution in [2.24, 2.45) is 11.8 Å². The zero-order valence-electron chi connectivity index (χ0n) is 23.6. The van der Waals surface area contributed by atoms with Gasteiger partial charge in [0.1, 0.15) is 0 Å². The van der Waals surface area contributed by atoms with Crippen LogP contribution in [0.25, 0.3) is 0 Å². The van der Waals surface area contributed by atoms with Gasteiger partial charge in [0.2, 0.25) is 0 Å². The lowest BCUT2D eigenvalue weighted by Crippen LogP contribution is -2.27. The van der Waals surface area contributed by atoms with Crippen molar-refractivity contribution in [3.8, 4) is 0 Å². The van der Waals surface area contributed by atoms with Gasteiger partial charge in [-0.15, -0.1) is 0 Å². The summed E-state index contributed by atoms with van der Waals surface area (Å²) in [7, 11) is 0. The van der Waals surface area contributed by atoms with Gasteiger partial charge in [-0.05, 0) is 50.7 Å². The predicted octanol–water partition coefficient (Wildman–Crippen LogP) is 10.8. The van der Waals surface area contributed by atoms with Crippen LogP contribution in [0.1, 0.15) is 169 Å². The molecule has 0 fully saturated rings. The molecule has 0 amide bonds. The van der Waals surface area contributed by atoms with Crippen molar-refractivity contribution in [2.75, 3.05) is 19.6 Å². The van der Waals surface area contributed by atoms with Crippen LogP contribution in [-0.4, -0.2) is 24.5 Å². The van der Waals surface area contributed by atoms with Crippen molar-refractivity contribution in [3.63, 3.8) is 0 Å². The van der Waals surface area contributed by atoms with Gasteiger partial charge in [-0.2, -0.15) is 0 Å². The maximum Gasteiger partial charge on any atom is -0.00187 e. The van der Waals surface area contributed by atoms with E-state index in [1.807, 2.05) is 0 Å². The fourth-order valence-electron chi connectivity index (χ4n) is 4.82. The van der Waals surface area contributed by atoms with E-state index in [1.165, 1.54) is 154 Å². The number of hydrogen-bond donors (Lipinski definition) is 0. The third-order valence-electron chi connectivity index (χ3n) is 7.09. The minimum atomic E-state index is 0.889. The topological polar surface area (TPSA) is 3.24 Å². The molecular weight excluding hydrogens is 386 g/mol. The van der Waals surface area contributed by atoms with Crippen LogP contribution in [-0.2, 0) is 0 Å². The van der Waals surface area contributed by atoms with Crippen LogP contribution in [0.15, 0.2) is 0 Å². The van der Waals surface area contributed by atoms with E-state index in [0.29, 0.717) is 0 Å². The molecule has 0 aromatic carbocycles. The van der Waals surface area contributed by atoms with E-state index in [4.69, 9.17) is 0 Å². The average Bonchev–Trinajstić information content (AvgIpc) is 2.75. The van der Waals surface area contributed by atoms with Gasteiger partial charge in [0.25, 0.3) is 0 Å². The minimum Gasteiger partial charge on any atom is -0.303 e. The molecule has 0 N–H and O–H groups in total. The maximum absolute atomic E-state index is 2.80. The SMILES string of the molecule is CCCCCN(CCCCCCCCCCC(C)C)CCCCCCCCCCC(C)C. The molecule has 1 nitrogen and oxygen atoms in total. The Morgan fingerprint density at radius 3 is 0.969 bits per heavy atom. The highest BCUT2D eigenvalue weighted by Crippen LogP contribution is 2.15. The highest BCUT2D eigenvalue weighted by atomic mass is 15.1. The molecule has 1 heteroatoms. The first-order valence-corrected chi connectivity index (χ1v) is 15.3. The second-order valence-corrected chi connectivity index (χ2v) is 11.6. The molecule has 0 saturated heterocycles. The Bertz CT molecular complexity index is 307. The molecule has 0 aromatic heterocycles. The molecule has 0 rings (SSSR count). The Kier molecular flexibility index (Phi) is 25.5. The molecule has 0 atom stereocenters. The molecule has 0 aliphatic rings. The summed E-state index contributed by atoms with van der Waals surface area (Å²) in [5.74, 6) is 1.78. The van der Waals surface area contributed by atoms with Gasteiger partial charge in [-0.25, -0.2) is 0 Å². The first-order valence-electron chi connectivity index (χ1n) is 15.3. The van der Waals surface area contributed by atoms with Crippen LogP contribution >= 0.6 is 0 Å². The molecule has 0 heterocycles. The highest BCUT2D eigenvalue weighted by molar-refractivity contribution is 4.60. The van der Waals surface area contributed by atoms with E-state index >= 15 is 0 Å². The fourth-order valence-corrected chi connectivity index (χ4v) is 4.82. The van der Waals surface area contributed by atoms with E-state index in [2.05, 4.69) is 39.5 Å². The molecule has 0 bridgehead atoms. The van der Waals surface area contributed by atoms with Crippen LogP contribution in [0.5, 0.6) is 0 Å². The van der Waals surface area contributed by atoms with Crippen molar-refractivity contribution >= 4 is 0 Å². The van der Waals surface area contributed by atoms with Crippen LogP contribution in [0.3, 0.4) is 0 Å². The van der Waals surface area contributed by atoms with Gasteiger partial charge in [0, 0.05) is 0 Å². The normalized spacial score (nSPS) is 12.0. The zero-order chi connectivity index (χ0) is 23.7. The van der Waals surface area contributed by atoms with Crippen molar-refractivity contribution in [3.05, 3.63) is 0 Å². The predicted molar refractivity (Wildman–Crippen MR) is 149 cm³/mol. The molecule has 0 radical (unpaired) electrons. The Labute approximate surface area is 205 Å². The Hall–Kier alpha value is -0.0400. The Morgan fingerprint density at radius 1 is 0.375 bits per heavy atom. The maximum atomic E-state index is 2.80. The Morgan fingerprint density at radius 2 is 0.656 bits per heavy atom. The van der Waals surface area contributed by atoms with Crippen molar-refractivity contribution < 1.29 is 0 Å². The molecule has 32 heavy (non-hydrogen) atoms. The number of rotatable bonds is 26. The van der Waals surface area contributed by atoms with E-state index in [1.54, 1.807) is 0 Å². The van der Waals surface area contributed by atoms with Gasteiger partial charge in [-0.1, -0.05) is 150 Å². The largest absolute Gasteiger partial charge is 0.303 e. The molecule has 0 aromatic rings. The smallest absolute Gasteiger partial charge is 0.00187 e. The Balaban J connectivity index is 3.63. The van der Waals surface area contributed by atoms with Crippen molar-refractivity contribution in [1.29, 1.82) is 0 Å². The number of hydrogen-bond acceptors (Lipinski definition) is 1. The molecule has 0 aliphatic heterocycles. The highest BCUT2D eigenvalue weighted by Gasteiger charge is 2.05. The van der Waals surface area contributed by atoms with E-state index in [0.717, 1.165) is 11.8 Å². The zero-order valence-corrected chi connectivity index (χ0v) is 23.6. The summed E-state index contributed by atoms with van der Waals surface area (Å²) >= 11 is 0. The number of unbranched alkanes of at least 4 members (excludes halogenated alkanes) is 16.